The van der Waals surface area contributed by atoms with E-state index in [0.717, 1.165) is 5.75 Å². The van der Waals surface area contributed by atoms with Crippen molar-refractivity contribution in [1.82, 2.24) is 0 Å². The van der Waals surface area contributed by atoms with Gasteiger partial charge in [0, 0.05) is 11.0 Å². The summed E-state index contributed by atoms with van der Waals surface area (Å²) in [4.78, 5) is 0. The predicted molar refractivity (Wildman–Crippen MR) is 77.7 cm³/mol. The molecule has 1 aromatic carbocycles. The van der Waals surface area contributed by atoms with E-state index in [9.17, 15) is 0 Å². The molecule has 1 unspecified atom stereocenters. The maximum Gasteiger partial charge on any atom is 0.127 e. The van der Waals surface area contributed by atoms with Crippen LogP contribution >= 0.6 is 0 Å². The molecular formula is C17H24O. The highest BCUT2D eigenvalue weighted by Gasteiger charge is 2.37. The number of hydrogen-bond donors (Lipinski definition) is 0. The molecule has 98 valence electrons. The van der Waals surface area contributed by atoms with E-state index in [4.69, 9.17) is 4.74 Å². The number of benzene rings is 1. The molecule has 0 bridgehead atoms. The van der Waals surface area contributed by atoms with Gasteiger partial charge in [-0.1, -0.05) is 59.7 Å². The SMILES string of the molecule is CC(C)(C)C1=Cc2ccccc2OC1C(C)(C)C. The van der Waals surface area contributed by atoms with Gasteiger partial charge in [-0.15, -0.1) is 0 Å². The summed E-state index contributed by atoms with van der Waals surface area (Å²) in [5.41, 5.74) is 2.81. The van der Waals surface area contributed by atoms with Gasteiger partial charge in [0.2, 0.25) is 0 Å². The summed E-state index contributed by atoms with van der Waals surface area (Å²) in [5.74, 6) is 1.01. The van der Waals surface area contributed by atoms with Crippen LogP contribution < -0.4 is 4.74 Å². The van der Waals surface area contributed by atoms with Crippen LogP contribution in [0.2, 0.25) is 0 Å². The Kier molecular flexibility index (Phi) is 3.04. The van der Waals surface area contributed by atoms with Crippen molar-refractivity contribution in [1.29, 1.82) is 0 Å². The van der Waals surface area contributed by atoms with Crippen molar-refractivity contribution in [2.75, 3.05) is 0 Å². The number of hydrogen-bond acceptors (Lipinski definition) is 1. The van der Waals surface area contributed by atoms with E-state index in [1.807, 2.05) is 6.07 Å². The van der Waals surface area contributed by atoms with Crippen LogP contribution in [0.1, 0.15) is 47.1 Å². The molecule has 0 radical (unpaired) electrons. The smallest absolute Gasteiger partial charge is 0.127 e. The third kappa shape index (κ3) is 2.45. The lowest BCUT2D eigenvalue weighted by Crippen LogP contribution is -2.39. The van der Waals surface area contributed by atoms with Crippen molar-refractivity contribution in [3.8, 4) is 5.75 Å². The Labute approximate surface area is 111 Å². The molecule has 0 amide bonds. The van der Waals surface area contributed by atoms with Crippen LogP contribution in [0.4, 0.5) is 0 Å². The molecule has 0 saturated heterocycles. The summed E-state index contributed by atoms with van der Waals surface area (Å²) in [6, 6.07) is 8.29. The molecule has 0 saturated carbocycles. The average Bonchev–Trinajstić information content (AvgIpc) is 2.25. The monoisotopic (exact) mass is 244 g/mol. The van der Waals surface area contributed by atoms with Crippen LogP contribution in [0.25, 0.3) is 6.08 Å². The minimum absolute atomic E-state index is 0.104. The highest BCUT2D eigenvalue weighted by molar-refractivity contribution is 5.64. The Morgan fingerprint density at radius 3 is 2.11 bits per heavy atom. The Hall–Kier alpha value is -1.24. The first-order chi connectivity index (χ1) is 8.19. The molecule has 0 aromatic heterocycles. The third-order valence-electron chi connectivity index (χ3n) is 3.41. The van der Waals surface area contributed by atoms with Crippen molar-refractivity contribution >= 4 is 6.08 Å². The highest BCUT2D eigenvalue weighted by Crippen LogP contribution is 2.43. The molecule has 0 N–H and O–H groups in total. The molecule has 0 spiro atoms. The summed E-state index contributed by atoms with van der Waals surface area (Å²) >= 11 is 0. The van der Waals surface area contributed by atoms with Crippen LogP contribution in [0.3, 0.4) is 0 Å². The molecule has 1 aliphatic rings. The zero-order chi connectivity index (χ0) is 13.6. The van der Waals surface area contributed by atoms with Gasteiger partial charge >= 0.3 is 0 Å². The number of ether oxygens (including phenoxy) is 1. The Bertz CT molecular complexity index is 469. The first-order valence-corrected chi connectivity index (χ1v) is 6.67. The summed E-state index contributed by atoms with van der Waals surface area (Å²) in [5, 5.41) is 0. The van der Waals surface area contributed by atoms with Crippen molar-refractivity contribution < 1.29 is 4.74 Å². The van der Waals surface area contributed by atoms with Crippen molar-refractivity contribution in [2.45, 2.75) is 47.6 Å². The largest absolute Gasteiger partial charge is 0.485 e. The van der Waals surface area contributed by atoms with Gasteiger partial charge in [0.05, 0.1) is 0 Å². The fourth-order valence-electron chi connectivity index (χ4n) is 2.39. The molecule has 1 atom stereocenters. The van der Waals surface area contributed by atoms with Crippen LogP contribution in [0.15, 0.2) is 29.8 Å². The highest BCUT2D eigenvalue weighted by atomic mass is 16.5. The fraction of sp³-hybridized carbons (Fsp3) is 0.529. The number of para-hydroxylation sites is 1. The zero-order valence-electron chi connectivity index (χ0n) is 12.4. The number of rotatable bonds is 0. The molecule has 1 heteroatoms. The lowest BCUT2D eigenvalue weighted by molar-refractivity contribution is 0.0982. The van der Waals surface area contributed by atoms with Gasteiger partial charge in [-0.05, 0) is 23.1 Å². The van der Waals surface area contributed by atoms with E-state index in [1.54, 1.807) is 0 Å². The van der Waals surface area contributed by atoms with E-state index in [-0.39, 0.29) is 16.9 Å². The molecule has 1 aromatic rings. The Balaban J connectivity index is 2.53. The minimum Gasteiger partial charge on any atom is -0.485 e. The van der Waals surface area contributed by atoms with Crippen LogP contribution in [0, 0.1) is 10.8 Å². The van der Waals surface area contributed by atoms with E-state index in [1.165, 1.54) is 11.1 Å². The van der Waals surface area contributed by atoms with Crippen molar-refractivity contribution in [2.24, 2.45) is 10.8 Å². The maximum atomic E-state index is 6.27. The van der Waals surface area contributed by atoms with E-state index < -0.39 is 0 Å². The predicted octanol–water partition coefficient (Wildman–Crippen LogP) is 4.92. The maximum absolute atomic E-state index is 6.27. The lowest BCUT2D eigenvalue weighted by atomic mass is 9.72. The molecule has 2 rings (SSSR count). The summed E-state index contributed by atoms with van der Waals surface area (Å²) < 4.78 is 6.27. The molecular weight excluding hydrogens is 220 g/mol. The Morgan fingerprint density at radius 2 is 1.56 bits per heavy atom. The molecule has 1 aliphatic heterocycles. The van der Waals surface area contributed by atoms with Gasteiger partial charge in [0.1, 0.15) is 11.9 Å². The van der Waals surface area contributed by atoms with Gasteiger partial charge in [0.15, 0.2) is 0 Å². The molecule has 1 nitrogen and oxygen atoms in total. The quantitative estimate of drug-likeness (QED) is 0.629. The second kappa shape index (κ2) is 4.15. The van der Waals surface area contributed by atoms with Crippen molar-refractivity contribution in [3.63, 3.8) is 0 Å². The summed E-state index contributed by atoms with van der Waals surface area (Å²) in [7, 11) is 0. The first kappa shape index (κ1) is 13.2. The Morgan fingerprint density at radius 1 is 0.944 bits per heavy atom. The number of fused-ring (bicyclic) bond motifs is 1. The van der Waals surface area contributed by atoms with Crippen LogP contribution in [0.5, 0.6) is 5.75 Å². The summed E-state index contributed by atoms with van der Waals surface area (Å²) in [6.45, 7) is 13.5. The van der Waals surface area contributed by atoms with Crippen molar-refractivity contribution in [3.05, 3.63) is 35.4 Å². The minimum atomic E-state index is 0.104. The second-order valence-electron chi connectivity index (χ2n) is 7.25. The molecule has 0 aliphatic carbocycles. The molecule has 18 heavy (non-hydrogen) atoms. The standard InChI is InChI=1S/C17H24O/c1-16(2,3)13-11-12-9-7-8-10-14(12)18-15(13)17(4,5)6/h7-11,15H,1-6H3. The van der Waals surface area contributed by atoms with E-state index >= 15 is 0 Å². The molecule has 0 fully saturated rings. The van der Waals surface area contributed by atoms with Gasteiger partial charge in [-0.3, -0.25) is 0 Å². The fourth-order valence-corrected chi connectivity index (χ4v) is 2.39. The van der Waals surface area contributed by atoms with Gasteiger partial charge < -0.3 is 4.74 Å². The van der Waals surface area contributed by atoms with E-state index in [0.29, 0.717) is 0 Å². The first-order valence-electron chi connectivity index (χ1n) is 6.67. The third-order valence-corrected chi connectivity index (χ3v) is 3.41. The lowest BCUT2D eigenvalue weighted by Gasteiger charge is -2.41. The molecule has 1 heterocycles. The summed E-state index contributed by atoms with van der Waals surface area (Å²) in [6.07, 6.45) is 2.46. The van der Waals surface area contributed by atoms with Crippen LogP contribution in [-0.2, 0) is 0 Å². The topological polar surface area (TPSA) is 9.23 Å². The average molecular weight is 244 g/mol. The van der Waals surface area contributed by atoms with Gasteiger partial charge in [-0.2, -0.15) is 0 Å². The van der Waals surface area contributed by atoms with Crippen LogP contribution in [-0.4, -0.2) is 6.10 Å². The second-order valence-corrected chi connectivity index (χ2v) is 7.25. The normalized spacial score (nSPS) is 19.9. The zero-order valence-corrected chi connectivity index (χ0v) is 12.4. The van der Waals surface area contributed by atoms with Gasteiger partial charge in [-0.25, -0.2) is 0 Å². The van der Waals surface area contributed by atoms with E-state index in [2.05, 4.69) is 65.8 Å². The van der Waals surface area contributed by atoms with Gasteiger partial charge in [0.25, 0.3) is 0 Å².